The fourth-order valence-corrected chi connectivity index (χ4v) is 3.52. The molecule has 1 aromatic carbocycles. The van der Waals surface area contributed by atoms with Gasteiger partial charge >= 0.3 is 0 Å². The molecule has 2 atom stereocenters. The molecular weight excluding hydrogens is 432 g/mol. The van der Waals surface area contributed by atoms with Crippen molar-refractivity contribution in [2.75, 3.05) is 31.6 Å². The highest BCUT2D eigenvalue weighted by Gasteiger charge is 2.15. The number of anilines is 1. The standard InChI is InChI=1S/C25H32N6O3/c1-18-8-9-26-10-11-27-22(12-18)15-28-23(33)16-31-19(2)13-29-24(25(31)34)30-14-21(17-32)20-6-4-3-5-7-20/h3-9,11-13,18,21,26,32H,10,14-17H2,1-2H3,(H,28,33)(H,29,30)/b9-8-,22-12-,27-11?. The van der Waals surface area contributed by atoms with Crippen LogP contribution in [0.3, 0.4) is 0 Å². The zero-order chi connectivity index (χ0) is 24.3. The molecule has 0 saturated carbocycles. The second-order valence-corrected chi connectivity index (χ2v) is 8.18. The first-order valence-electron chi connectivity index (χ1n) is 11.3. The van der Waals surface area contributed by atoms with Crippen LogP contribution in [0.5, 0.6) is 0 Å². The fraction of sp³-hybridized carbons (Fsp3) is 0.360. The molecule has 0 fully saturated rings. The Hall–Kier alpha value is -3.72. The molecule has 0 saturated heterocycles. The van der Waals surface area contributed by atoms with E-state index < -0.39 is 0 Å². The number of aliphatic hydroxyl groups excluding tert-OH is 1. The molecule has 180 valence electrons. The van der Waals surface area contributed by atoms with Gasteiger partial charge in [-0.3, -0.25) is 19.1 Å². The van der Waals surface area contributed by atoms with Gasteiger partial charge in [0.15, 0.2) is 5.82 Å². The molecule has 0 spiro atoms. The van der Waals surface area contributed by atoms with E-state index in [-0.39, 0.29) is 48.8 Å². The maximum atomic E-state index is 13.0. The van der Waals surface area contributed by atoms with Crippen molar-refractivity contribution >= 4 is 17.9 Å². The van der Waals surface area contributed by atoms with Gasteiger partial charge in [0.2, 0.25) is 5.91 Å². The van der Waals surface area contributed by atoms with Crippen LogP contribution in [0.1, 0.15) is 24.1 Å². The SMILES string of the molecule is Cc1cnc(NCC(CO)c2ccccc2)c(=O)n1CC(=O)NC/C1=C/C(C)/C=C\NCC=N1. The van der Waals surface area contributed by atoms with Crippen molar-refractivity contribution in [1.82, 2.24) is 20.2 Å². The van der Waals surface area contributed by atoms with Crippen molar-refractivity contribution < 1.29 is 9.90 Å². The first-order valence-corrected chi connectivity index (χ1v) is 11.3. The van der Waals surface area contributed by atoms with Gasteiger partial charge < -0.3 is 21.1 Å². The molecule has 4 N–H and O–H groups in total. The van der Waals surface area contributed by atoms with Crippen molar-refractivity contribution in [3.8, 4) is 0 Å². The van der Waals surface area contributed by atoms with Gasteiger partial charge in [0, 0.05) is 37.1 Å². The molecule has 2 aromatic rings. The van der Waals surface area contributed by atoms with Gasteiger partial charge in [-0.2, -0.15) is 0 Å². The van der Waals surface area contributed by atoms with E-state index in [1.165, 1.54) is 4.57 Å². The first-order chi connectivity index (χ1) is 16.5. The molecule has 0 aliphatic carbocycles. The number of aliphatic hydroxyl groups is 1. The summed E-state index contributed by atoms with van der Waals surface area (Å²) in [6.45, 7) is 4.79. The average molecular weight is 465 g/mol. The Morgan fingerprint density at radius 1 is 1.32 bits per heavy atom. The monoisotopic (exact) mass is 464 g/mol. The number of allylic oxidation sites excluding steroid dienone is 2. The number of aryl methyl sites for hydroxylation is 1. The van der Waals surface area contributed by atoms with E-state index >= 15 is 0 Å². The van der Waals surface area contributed by atoms with Crippen LogP contribution < -0.4 is 21.5 Å². The molecule has 3 rings (SSSR count). The molecule has 9 heteroatoms. The highest BCUT2D eigenvalue weighted by Crippen LogP contribution is 2.15. The second kappa shape index (κ2) is 12.5. The minimum atomic E-state index is -0.385. The quantitative estimate of drug-likeness (QED) is 0.447. The lowest BCUT2D eigenvalue weighted by atomic mass is 10.0. The van der Waals surface area contributed by atoms with Crippen molar-refractivity contribution in [1.29, 1.82) is 0 Å². The molecular formula is C25H32N6O3. The maximum absolute atomic E-state index is 13.0. The number of nitrogens with zero attached hydrogens (tertiary/aromatic N) is 3. The van der Waals surface area contributed by atoms with Gasteiger partial charge in [0.1, 0.15) is 6.54 Å². The number of nitrogens with one attached hydrogen (secondary N) is 3. The van der Waals surface area contributed by atoms with Gasteiger partial charge in [0.05, 0.1) is 18.8 Å². The molecule has 1 aliphatic heterocycles. The second-order valence-electron chi connectivity index (χ2n) is 8.18. The number of amides is 1. The number of rotatable bonds is 9. The summed E-state index contributed by atoms with van der Waals surface area (Å²) in [6, 6.07) is 9.58. The van der Waals surface area contributed by atoms with Crippen LogP contribution >= 0.6 is 0 Å². The van der Waals surface area contributed by atoms with E-state index in [2.05, 4.69) is 25.9 Å². The number of aliphatic imine (C=N–C) groups is 1. The van der Waals surface area contributed by atoms with E-state index in [9.17, 15) is 14.7 Å². The number of hydrogen-bond acceptors (Lipinski definition) is 7. The van der Waals surface area contributed by atoms with Gasteiger partial charge in [0.25, 0.3) is 5.56 Å². The number of carbonyl (C=O) groups excluding carboxylic acids is 1. The molecule has 1 amide bonds. The van der Waals surface area contributed by atoms with E-state index in [0.717, 1.165) is 11.3 Å². The van der Waals surface area contributed by atoms with Gasteiger partial charge in [-0.25, -0.2) is 4.98 Å². The topological polar surface area (TPSA) is 121 Å². The highest BCUT2D eigenvalue weighted by molar-refractivity contribution is 5.76. The zero-order valence-corrected chi connectivity index (χ0v) is 19.6. The predicted molar refractivity (Wildman–Crippen MR) is 134 cm³/mol. The minimum Gasteiger partial charge on any atom is -0.396 e. The number of aromatic nitrogens is 2. The van der Waals surface area contributed by atoms with Crippen LogP contribution in [0.25, 0.3) is 0 Å². The number of carbonyl (C=O) groups is 1. The lowest BCUT2D eigenvalue weighted by molar-refractivity contribution is -0.121. The molecule has 0 bridgehead atoms. The van der Waals surface area contributed by atoms with Crippen LogP contribution in [-0.4, -0.2) is 53.0 Å². The molecule has 9 nitrogen and oxygen atoms in total. The summed E-state index contributed by atoms with van der Waals surface area (Å²) in [4.78, 5) is 34.2. The Bertz CT molecular complexity index is 1110. The van der Waals surface area contributed by atoms with Crippen LogP contribution in [0, 0.1) is 12.8 Å². The summed E-state index contributed by atoms with van der Waals surface area (Å²) >= 11 is 0. The summed E-state index contributed by atoms with van der Waals surface area (Å²) in [5, 5.41) is 18.7. The lowest BCUT2D eigenvalue weighted by Gasteiger charge is -2.17. The van der Waals surface area contributed by atoms with Crippen molar-refractivity contribution in [2.45, 2.75) is 26.3 Å². The Morgan fingerprint density at radius 3 is 2.88 bits per heavy atom. The number of hydrogen-bond donors (Lipinski definition) is 4. The summed E-state index contributed by atoms with van der Waals surface area (Å²) in [5.74, 6) is -0.164. The van der Waals surface area contributed by atoms with Gasteiger partial charge in [-0.05, 0) is 24.6 Å². The third-order valence-corrected chi connectivity index (χ3v) is 5.47. The molecule has 1 aromatic heterocycles. The molecule has 2 heterocycles. The fourth-order valence-electron chi connectivity index (χ4n) is 3.52. The largest absolute Gasteiger partial charge is 0.396 e. The number of benzene rings is 1. The van der Waals surface area contributed by atoms with Crippen LogP contribution in [-0.2, 0) is 11.3 Å². The molecule has 2 unspecified atom stereocenters. The summed E-state index contributed by atoms with van der Waals surface area (Å²) in [6.07, 6.45) is 9.20. The normalized spacial score (nSPS) is 18.9. The van der Waals surface area contributed by atoms with E-state index in [1.54, 1.807) is 19.3 Å². The van der Waals surface area contributed by atoms with Crippen molar-refractivity contribution in [3.63, 3.8) is 0 Å². The highest BCUT2D eigenvalue weighted by atomic mass is 16.3. The van der Waals surface area contributed by atoms with E-state index in [0.29, 0.717) is 18.8 Å². The van der Waals surface area contributed by atoms with Crippen LogP contribution in [0.15, 0.2) is 70.4 Å². The Kier molecular flexibility index (Phi) is 9.16. The molecule has 0 radical (unpaired) electrons. The van der Waals surface area contributed by atoms with Gasteiger partial charge in [-0.1, -0.05) is 49.4 Å². The van der Waals surface area contributed by atoms with Crippen molar-refractivity contribution in [3.05, 3.63) is 82.2 Å². The third kappa shape index (κ3) is 7.14. The summed E-state index contributed by atoms with van der Waals surface area (Å²) in [5.41, 5.74) is 1.92. The van der Waals surface area contributed by atoms with E-state index in [4.69, 9.17) is 0 Å². The summed E-state index contributed by atoms with van der Waals surface area (Å²) in [7, 11) is 0. The Labute approximate surface area is 199 Å². The predicted octanol–water partition coefficient (Wildman–Crippen LogP) is 1.56. The van der Waals surface area contributed by atoms with E-state index in [1.807, 2.05) is 55.6 Å². The van der Waals surface area contributed by atoms with Gasteiger partial charge in [-0.15, -0.1) is 0 Å². The summed E-state index contributed by atoms with van der Waals surface area (Å²) < 4.78 is 1.39. The lowest BCUT2D eigenvalue weighted by Crippen LogP contribution is -2.35. The Balaban J connectivity index is 1.64. The molecule has 34 heavy (non-hydrogen) atoms. The van der Waals surface area contributed by atoms with Crippen LogP contribution in [0.4, 0.5) is 5.82 Å². The molecule has 1 aliphatic rings. The van der Waals surface area contributed by atoms with Crippen molar-refractivity contribution in [2.24, 2.45) is 10.9 Å². The minimum absolute atomic E-state index is 0.0672. The first kappa shape index (κ1) is 24.9. The smallest absolute Gasteiger partial charge is 0.293 e. The average Bonchev–Trinajstić information content (AvgIpc) is 2.94. The third-order valence-electron chi connectivity index (χ3n) is 5.47. The van der Waals surface area contributed by atoms with Crippen LogP contribution in [0.2, 0.25) is 0 Å². The Morgan fingerprint density at radius 2 is 2.12 bits per heavy atom. The maximum Gasteiger partial charge on any atom is 0.293 e. The zero-order valence-electron chi connectivity index (χ0n) is 19.6.